The van der Waals surface area contributed by atoms with Gasteiger partial charge in [-0.25, -0.2) is 0 Å². The number of methoxy groups -OCH3 is 1. The highest BCUT2D eigenvalue weighted by atomic mass is 32.1. The first-order valence-corrected chi connectivity index (χ1v) is 10.1. The summed E-state index contributed by atoms with van der Waals surface area (Å²) in [5.74, 6) is -3.28. The van der Waals surface area contributed by atoms with Crippen molar-refractivity contribution in [2.24, 2.45) is 0 Å². The van der Waals surface area contributed by atoms with Crippen LogP contribution in [0.4, 0.5) is 0 Å². The van der Waals surface area contributed by atoms with Crippen LogP contribution < -0.4 is 0 Å². The number of ether oxygens (including phenoxy) is 5. The van der Waals surface area contributed by atoms with Crippen molar-refractivity contribution in [1.29, 1.82) is 0 Å². The third-order valence-corrected chi connectivity index (χ3v) is 7.28. The monoisotopic (exact) mass is 400 g/mol. The topological polar surface area (TPSA) is 102 Å². The predicted octanol–water partition coefficient (Wildman–Crippen LogP) is 1.44. The Labute approximate surface area is 152 Å². The van der Waals surface area contributed by atoms with Gasteiger partial charge in [-0.05, 0) is 40.6 Å². The minimum Gasteiger partial charge on any atom is -0.380 e. The number of hydrogen-bond donors (Lipinski definition) is 2. The normalized spacial score (nSPS) is 46.8. The highest BCUT2D eigenvalue weighted by Crippen LogP contribution is 2.64. The summed E-state index contributed by atoms with van der Waals surface area (Å²) in [5.41, 5.74) is 0. The molecule has 25 heavy (non-hydrogen) atoms. The van der Waals surface area contributed by atoms with Gasteiger partial charge in [-0.2, -0.15) is 0 Å². The van der Waals surface area contributed by atoms with Crippen LogP contribution in [0.1, 0.15) is 27.7 Å². The molecule has 0 aliphatic carbocycles. The summed E-state index contributed by atoms with van der Waals surface area (Å²) in [5, 5.41) is 10.7. The molecule has 3 rings (SSSR count). The Balaban J connectivity index is 1.94. The van der Waals surface area contributed by atoms with Crippen molar-refractivity contribution in [2.45, 2.75) is 75.6 Å². The molecule has 0 bridgehead atoms. The fourth-order valence-corrected chi connectivity index (χ4v) is 6.06. The zero-order valence-electron chi connectivity index (χ0n) is 14.8. The molecule has 0 radical (unpaired) electrons. The van der Waals surface area contributed by atoms with Gasteiger partial charge in [0.15, 0.2) is 17.4 Å². The van der Waals surface area contributed by atoms with E-state index in [-0.39, 0.29) is 6.61 Å². The van der Waals surface area contributed by atoms with Crippen molar-refractivity contribution in [2.75, 3.05) is 13.7 Å². The number of rotatable bonds is 4. The van der Waals surface area contributed by atoms with Crippen molar-refractivity contribution in [3.63, 3.8) is 0 Å². The Hall–Kier alpha value is 0.260. The second-order valence-corrected chi connectivity index (χ2v) is 9.87. The lowest BCUT2D eigenvalue weighted by Crippen LogP contribution is -2.55. The maximum absolute atomic E-state index is 13.4. The van der Waals surface area contributed by atoms with Crippen molar-refractivity contribution in [1.82, 2.24) is 0 Å². The third kappa shape index (κ3) is 3.54. The summed E-state index contributed by atoms with van der Waals surface area (Å²) in [6.07, 6.45) is -2.94. The Bertz CT molecular complexity index is 552. The standard InChI is InChI=1S/C14H25O9PS/c1-13(2)18-6-7(19-13)8-9-10(21-14(3,4)20-9)11(15)24(16,22-8)12(17-5)23-25/h7-12,15,25H,6H2,1-5H3/t7-,8-,9+,10+,11-,12?,24-/m1/s1. The van der Waals surface area contributed by atoms with Gasteiger partial charge in [0.2, 0.25) is 6.03 Å². The lowest BCUT2D eigenvalue weighted by Gasteiger charge is -2.42. The van der Waals surface area contributed by atoms with Crippen LogP contribution in [0.3, 0.4) is 0 Å². The van der Waals surface area contributed by atoms with Crippen LogP contribution in [-0.4, -0.2) is 66.7 Å². The van der Waals surface area contributed by atoms with Crippen LogP contribution in [0.5, 0.6) is 0 Å². The summed E-state index contributed by atoms with van der Waals surface area (Å²) in [7, 11) is -2.61. The molecule has 3 saturated heterocycles. The summed E-state index contributed by atoms with van der Waals surface area (Å²) in [4.78, 5) is 0. The smallest absolute Gasteiger partial charge is 0.289 e. The summed E-state index contributed by atoms with van der Waals surface area (Å²) in [6, 6.07) is -1.36. The molecule has 11 heteroatoms. The van der Waals surface area contributed by atoms with E-state index < -0.39 is 55.2 Å². The van der Waals surface area contributed by atoms with E-state index in [0.29, 0.717) is 0 Å². The molecule has 0 spiro atoms. The quantitative estimate of drug-likeness (QED) is 0.314. The zero-order chi connectivity index (χ0) is 18.6. The van der Waals surface area contributed by atoms with Crippen LogP contribution in [-0.2, 0) is 37.0 Å². The Kier molecular flexibility index (Phi) is 5.36. The van der Waals surface area contributed by atoms with Crippen LogP contribution in [0, 0.1) is 0 Å². The Morgan fingerprint density at radius 3 is 2.28 bits per heavy atom. The van der Waals surface area contributed by atoms with Crippen LogP contribution in [0.25, 0.3) is 0 Å². The lowest BCUT2D eigenvalue weighted by molar-refractivity contribution is -0.175. The number of hydrogen-bond acceptors (Lipinski definition) is 10. The van der Waals surface area contributed by atoms with Crippen LogP contribution in [0.2, 0.25) is 0 Å². The van der Waals surface area contributed by atoms with Crippen molar-refractivity contribution in [3.05, 3.63) is 0 Å². The molecule has 9 nitrogen and oxygen atoms in total. The van der Waals surface area contributed by atoms with Gasteiger partial charge in [0.1, 0.15) is 24.4 Å². The minimum atomic E-state index is -3.90. The van der Waals surface area contributed by atoms with Crippen LogP contribution in [0.15, 0.2) is 0 Å². The molecule has 0 aromatic heterocycles. The first-order valence-electron chi connectivity index (χ1n) is 7.99. The van der Waals surface area contributed by atoms with Crippen LogP contribution >= 0.6 is 20.3 Å². The molecule has 7 atom stereocenters. The highest BCUT2D eigenvalue weighted by Gasteiger charge is 2.64. The maximum Gasteiger partial charge on any atom is 0.289 e. The molecule has 1 N–H and O–H groups in total. The summed E-state index contributed by atoms with van der Waals surface area (Å²) >= 11 is 3.68. The van der Waals surface area contributed by atoms with E-state index in [1.54, 1.807) is 27.7 Å². The molecule has 146 valence electrons. The maximum atomic E-state index is 13.4. The molecule has 0 saturated carbocycles. The van der Waals surface area contributed by atoms with E-state index in [1.807, 2.05) is 0 Å². The van der Waals surface area contributed by atoms with E-state index in [4.69, 9.17) is 32.4 Å². The van der Waals surface area contributed by atoms with Gasteiger partial charge in [0, 0.05) is 7.11 Å². The van der Waals surface area contributed by atoms with Gasteiger partial charge in [0.25, 0.3) is 7.37 Å². The molecule has 3 aliphatic heterocycles. The number of fused-ring (bicyclic) bond motifs is 1. The van der Waals surface area contributed by atoms with Gasteiger partial charge in [-0.3, -0.25) is 8.75 Å². The summed E-state index contributed by atoms with van der Waals surface area (Å²) in [6.45, 7) is 7.18. The molecule has 3 fully saturated rings. The molecule has 0 aromatic carbocycles. The highest BCUT2D eigenvalue weighted by molar-refractivity contribution is 7.75. The molecule has 3 aliphatic rings. The van der Waals surface area contributed by atoms with Gasteiger partial charge in [-0.15, -0.1) is 0 Å². The van der Waals surface area contributed by atoms with E-state index in [2.05, 4.69) is 12.9 Å². The fraction of sp³-hybridized carbons (Fsp3) is 1.00. The number of aliphatic hydroxyl groups is 1. The average Bonchev–Trinajstić information content (AvgIpc) is 3.03. The molecule has 1 unspecified atom stereocenters. The average molecular weight is 400 g/mol. The first kappa shape index (κ1) is 20.0. The SMILES string of the molecule is COC(OS)[P@]1(=O)O[C@H]([C@H]2COC(C)(C)O2)[C@@H]2OC(C)(C)O[C@@H]2[C@@H]1O. The Morgan fingerprint density at radius 1 is 1.12 bits per heavy atom. The van der Waals surface area contributed by atoms with Crippen molar-refractivity contribution >= 4 is 20.3 Å². The first-order chi connectivity index (χ1) is 11.5. The number of thiol groups is 1. The molecule has 0 amide bonds. The molecule has 0 aromatic rings. The number of aliphatic hydroxyl groups excluding tert-OH is 1. The largest absolute Gasteiger partial charge is 0.380 e. The Morgan fingerprint density at radius 2 is 1.76 bits per heavy atom. The molecule has 3 heterocycles. The zero-order valence-corrected chi connectivity index (χ0v) is 16.6. The van der Waals surface area contributed by atoms with Gasteiger partial charge < -0.3 is 33.3 Å². The van der Waals surface area contributed by atoms with Crippen molar-refractivity contribution in [3.8, 4) is 0 Å². The van der Waals surface area contributed by atoms with Gasteiger partial charge >= 0.3 is 0 Å². The molecular weight excluding hydrogens is 375 g/mol. The van der Waals surface area contributed by atoms with E-state index in [0.717, 1.165) is 0 Å². The molecular formula is C14H25O9PS. The van der Waals surface area contributed by atoms with E-state index in [1.165, 1.54) is 7.11 Å². The van der Waals surface area contributed by atoms with Gasteiger partial charge in [0.05, 0.1) is 6.61 Å². The minimum absolute atomic E-state index is 0.222. The third-order valence-electron chi connectivity index (χ3n) is 4.42. The van der Waals surface area contributed by atoms with Crippen molar-refractivity contribution < 1.29 is 42.1 Å². The lowest BCUT2D eigenvalue weighted by atomic mass is 10.0. The van der Waals surface area contributed by atoms with E-state index in [9.17, 15) is 9.67 Å². The fourth-order valence-electron chi connectivity index (χ4n) is 3.41. The van der Waals surface area contributed by atoms with Gasteiger partial charge in [-0.1, -0.05) is 0 Å². The van der Waals surface area contributed by atoms with E-state index >= 15 is 0 Å². The summed E-state index contributed by atoms with van der Waals surface area (Å²) < 4.78 is 52.2. The predicted molar refractivity (Wildman–Crippen MR) is 88.1 cm³/mol. The second-order valence-electron chi connectivity index (χ2n) is 7.21. The second kappa shape index (κ2) is 6.70.